The summed E-state index contributed by atoms with van der Waals surface area (Å²) in [7, 11) is 0. The fourth-order valence-corrected chi connectivity index (χ4v) is 2.95. The van der Waals surface area contributed by atoms with Crippen molar-refractivity contribution in [1.29, 1.82) is 0 Å². The molecule has 2 heterocycles. The van der Waals surface area contributed by atoms with Crippen LogP contribution in [0, 0.1) is 0 Å². The van der Waals surface area contributed by atoms with Gasteiger partial charge in [0.05, 0.1) is 6.20 Å². The summed E-state index contributed by atoms with van der Waals surface area (Å²) >= 11 is 0. The average molecular weight is 399 g/mol. The van der Waals surface area contributed by atoms with E-state index in [2.05, 4.69) is 22.1 Å². The van der Waals surface area contributed by atoms with Crippen LogP contribution in [0.4, 0.5) is 19.0 Å². The highest BCUT2D eigenvalue weighted by atomic mass is 19.4. The van der Waals surface area contributed by atoms with Crippen molar-refractivity contribution in [3.63, 3.8) is 0 Å². The van der Waals surface area contributed by atoms with Crippen molar-refractivity contribution in [2.24, 2.45) is 0 Å². The molecule has 2 N–H and O–H groups in total. The van der Waals surface area contributed by atoms with Crippen molar-refractivity contribution in [3.8, 4) is 5.75 Å². The number of aryl methyl sites for hydroxylation is 1. The lowest BCUT2D eigenvalue weighted by atomic mass is 9.87. The SMILES string of the molecule is CCCCn1ncc2c1NC(=O)CC2c1ccc(OC(F)(F)F)cc1.O=CO. The standard InChI is InChI=1S/C17H18F3N3O2.CH2O2/c1-2-3-8-23-16-14(10-21-23)13(9-15(24)22-16)11-4-6-12(7-5-11)25-17(18,19)20;2-1-3/h4-7,10,13H,2-3,8-9H2,1H3,(H,22,24);1H,(H,2,3). The second kappa shape index (κ2) is 9.25. The number of rotatable bonds is 5. The van der Waals surface area contributed by atoms with Crippen LogP contribution in [0.25, 0.3) is 0 Å². The van der Waals surface area contributed by atoms with E-state index in [4.69, 9.17) is 9.90 Å². The van der Waals surface area contributed by atoms with Crippen molar-refractivity contribution >= 4 is 18.2 Å². The molecule has 0 saturated carbocycles. The Morgan fingerprint density at radius 2 is 2.00 bits per heavy atom. The minimum atomic E-state index is -4.72. The van der Waals surface area contributed by atoms with Gasteiger partial charge in [-0.1, -0.05) is 25.5 Å². The first kappa shape index (κ1) is 21.3. The molecule has 10 heteroatoms. The summed E-state index contributed by atoms with van der Waals surface area (Å²) in [5, 5.41) is 14.1. The fourth-order valence-electron chi connectivity index (χ4n) is 2.95. The maximum atomic E-state index is 12.3. The minimum absolute atomic E-state index is 0.133. The molecule has 1 unspecified atom stereocenters. The predicted molar refractivity (Wildman–Crippen MR) is 94.0 cm³/mol. The zero-order chi connectivity index (χ0) is 20.7. The first-order valence-corrected chi connectivity index (χ1v) is 8.58. The smallest absolute Gasteiger partial charge is 0.483 e. The molecule has 1 atom stereocenters. The number of fused-ring (bicyclic) bond motifs is 1. The molecule has 3 rings (SSSR count). The quantitative estimate of drug-likeness (QED) is 0.747. The Labute approximate surface area is 159 Å². The second-order valence-corrected chi connectivity index (χ2v) is 6.05. The monoisotopic (exact) mass is 399 g/mol. The van der Waals surface area contributed by atoms with E-state index in [1.165, 1.54) is 12.1 Å². The van der Waals surface area contributed by atoms with Crippen LogP contribution in [0.5, 0.6) is 5.75 Å². The lowest BCUT2D eigenvalue weighted by Gasteiger charge is -2.24. The number of benzene rings is 1. The summed E-state index contributed by atoms with van der Waals surface area (Å²) in [5.74, 6) is 0.0196. The Kier molecular flexibility index (Phi) is 7.02. The fraction of sp³-hybridized carbons (Fsp3) is 0.389. The van der Waals surface area contributed by atoms with E-state index in [-0.39, 0.29) is 30.5 Å². The zero-order valence-corrected chi connectivity index (χ0v) is 15.1. The van der Waals surface area contributed by atoms with Gasteiger partial charge < -0.3 is 15.2 Å². The van der Waals surface area contributed by atoms with Gasteiger partial charge in [-0.15, -0.1) is 13.2 Å². The number of hydrogen-bond donors (Lipinski definition) is 2. The highest BCUT2D eigenvalue weighted by molar-refractivity contribution is 5.94. The first-order chi connectivity index (χ1) is 13.3. The molecule has 0 spiro atoms. The number of carbonyl (C=O) groups excluding carboxylic acids is 1. The number of nitrogens with one attached hydrogen (secondary N) is 1. The first-order valence-electron chi connectivity index (χ1n) is 8.58. The van der Waals surface area contributed by atoms with Crippen molar-refractivity contribution in [2.75, 3.05) is 5.32 Å². The van der Waals surface area contributed by atoms with Gasteiger partial charge in [0.2, 0.25) is 5.91 Å². The number of carboxylic acid groups (broad SMARTS) is 1. The van der Waals surface area contributed by atoms with Gasteiger partial charge in [-0.25, -0.2) is 4.68 Å². The van der Waals surface area contributed by atoms with Crippen LogP contribution in [0.15, 0.2) is 30.5 Å². The predicted octanol–water partition coefficient (Wildman–Crippen LogP) is 3.76. The lowest BCUT2D eigenvalue weighted by Crippen LogP contribution is -2.25. The third-order valence-corrected chi connectivity index (χ3v) is 4.13. The molecule has 7 nitrogen and oxygen atoms in total. The molecule has 0 aliphatic carbocycles. The third kappa shape index (κ3) is 5.48. The van der Waals surface area contributed by atoms with Crippen molar-refractivity contribution in [2.45, 2.75) is 45.0 Å². The van der Waals surface area contributed by atoms with Crippen LogP contribution in [0.3, 0.4) is 0 Å². The largest absolute Gasteiger partial charge is 0.573 e. The van der Waals surface area contributed by atoms with Gasteiger partial charge in [0, 0.05) is 24.4 Å². The normalized spacial score (nSPS) is 15.7. The number of halogens is 3. The van der Waals surface area contributed by atoms with E-state index < -0.39 is 6.36 Å². The molecule has 0 saturated heterocycles. The van der Waals surface area contributed by atoms with Crippen LogP contribution in [-0.4, -0.2) is 33.6 Å². The molecule has 1 aliphatic rings. The molecular weight excluding hydrogens is 379 g/mol. The van der Waals surface area contributed by atoms with E-state index in [0.29, 0.717) is 12.4 Å². The average Bonchev–Trinajstić information content (AvgIpc) is 3.02. The molecule has 2 aromatic rings. The Morgan fingerprint density at radius 3 is 2.57 bits per heavy atom. The Balaban J connectivity index is 0.000000878. The van der Waals surface area contributed by atoms with E-state index in [1.807, 2.05) is 0 Å². The molecule has 1 aromatic carbocycles. The summed E-state index contributed by atoms with van der Waals surface area (Å²) in [6.45, 7) is 2.53. The van der Waals surface area contributed by atoms with E-state index in [9.17, 15) is 18.0 Å². The van der Waals surface area contributed by atoms with E-state index in [1.54, 1.807) is 23.0 Å². The van der Waals surface area contributed by atoms with Gasteiger partial charge in [-0.2, -0.15) is 5.10 Å². The topological polar surface area (TPSA) is 93.5 Å². The highest BCUT2D eigenvalue weighted by Gasteiger charge is 2.32. The van der Waals surface area contributed by atoms with Crippen molar-refractivity contribution in [3.05, 3.63) is 41.6 Å². The maximum Gasteiger partial charge on any atom is 0.573 e. The molecule has 0 fully saturated rings. The number of nitrogens with zero attached hydrogens (tertiary/aromatic N) is 2. The Morgan fingerprint density at radius 1 is 1.36 bits per heavy atom. The summed E-state index contributed by atoms with van der Waals surface area (Å²) in [4.78, 5) is 20.4. The van der Waals surface area contributed by atoms with Crippen molar-refractivity contribution < 1.29 is 32.6 Å². The maximum absolute atomic E-state index is 12.3. The summed E-state index contributed by atoms with van der Waals surface area (Å²) in [6, 6.07) is 5.63. The van der Waals surface area contributed by atoms with Crippen LogP contribution >= 0.6 is 0 Å². The van der Waals surface area contributed by atoms with Gasteiger partial charge in [0.15, 0.2) is 0 Å². The molecule has 0 radical (unpaired) electrons. The number of ether oxygens (including phenoxy) is 1. The molecule has 1 amide bonds. The van der Waals surface area contributed by atoms with Gasteiger partial charge >= 0.3 is 6.36 Å². The summed E-state index contributed by atoms with van der Waals surface area (Å²) < 4.78 is 42.4. The molecule has 0 bridgehead atoms. The molecule has 28 heavy (non-hydrogen) atoms. The van der Waals surface area contributed by atoms with Gasteiger partial charge in [-0.3, -0.25) is 9.59 Å². The van der Waals surface area contributed by atoms with Crippen LogP contribution in [0.1, 0.15) is 43.2 Å². The van der Waals surface area contributed by atoms with Crippen LogP contribution in [-0.2, 0) is 16.1 Å². The number of unbranched alkanes of at least 4 members (excludes halogenated alkanes) is 1. The van der Waals surface area contributed by atoms with Crippen LogP contribution < -0.4 is 10.1 Å². The van der Waals surface area contributed by atoms with Crippen LogP contribution in [0.2, 0.25) is 0 Å². The Bertz CT molecular complexity index is 803. The third-order valence-electron chi connectivity index (χ3n) is 4.13. The lowest BCUT2D eigenvalue weighted by molar-refractivity contribution is -0.274. The number of carbonyl (C=O) groups is 2. The number of anilines is 1. The number of alkyl halides is 3. The number of aromatic nitrogens is 2. The van der Waals surface area contributed by atoms with E-state index >= 15 is 0 Å². The second-order valence-electron chi connectivity index (χ2n) is 6.05. The van der Waals surface area contributed by atoms with Gasteiger partial charge in [0.25, 0.3) is 6.47 Å². The molecule has 1 aromatic heterocycles. The molecular formula is C18H20F3N3O4. The van der Waals surface area contributed by atoms with Gasteiger partial charge in [-0.05, 0) is 24.1 Å². The minimum Gasteiger partial charge on any atom is -0.483 e. The summed E-state index contributed by atoms with van der Waals surface area (Å²) in [5.41, 5.74) is 1.63. The number of hydrogen-bond acceptors (Lipinski definition) is 4. The van der Waals surface area contributed by atoms with Crippen molar-refractivity contribution in [1.82, 2.24) is 9.78 Å². The Hall–Kier alpha value is -3.04. The van der Waals surface area contributed by atoms with E-state index in [0.717, 1.165) is 24.0 Å². The zero-order valence-electron chi connectivity index (χ0n) is 15.1. The highest BCUT2D eigenvalue weighted by Crippen LogP contribution is 2.37. The summed E-state index contributed by atoms with van der Waals surface area (Å²) in [6.07, 6.45) is -0.828. The van der Waals surface area contributed by atoms with Gasteiger partial charge in [0.1, 0.15) is 11.6 Å². The molecule has 1 aliphatic heterocycles. The number of amides is 1. The molecule has 152 valence electrons.